The van der Waals surface area contributed by atoms with Crippen LogP contribution >= 0.6 is 11.3 Å². The first-order chi connectivity index (χ1) is 8.65. The highest BCUT2D eigenvalue weighted by Crippen LogP contribution is 2.12. The van der Waals surface area contributed by atoms with Gasteiger partial charge in [-0.2, -0.15) is 0 Å². The summed E-state index contributed by atoms with van der Waals surface area (Å²) in [6.07, 6.45) is 0.898. The van der Waals surface area contributed by atoms with Crippen LogP contribution in [-0.4, -0.2) is 22.5 Å². The van der Waals surface area contributed by atoms with E-state index in [0.29, 0.717) is 5.76 Å². The highest BCUT2D eigenvalue weighted by Gasteiger charge is 2.12. The summed E-state index contributed by atoms with van der Waals surface area (Å²) in [7, 11) is 0. The Labute approximate surface area is 108 Å². The Hall–Kier alpha value is -1.66. The molecule has 0 bridgehead atoms. The highest BCUT2D eigenvalue weighted by atomic mass is 32.1. The molecule has 2 aromatic rings. The van der Waals surface area contributed by atoms with Gasteiger partial charge in [0.05, 0.1) is 29.9 Å². The predicted molar refractivity (Wildman–Crippen MR) is 67.2 cm³/mol. The van der Waals surface area contributed by atoms with Crippen LogP contribution in [0.1, 0.15) is 22.6 Å². The fourth-order valence-corrected chi connectivity index (χ4v) is 2.12. The SMILES string of the molecule is Cc1nc(CC(=O)NCC(O)c2ccco2)cs1. The second kappa shape index (κ2) is 5.79. The van der Waals surface area contributed by atoms with E-state index >= 15 is 0 Å². The lowest BCUT2D eigenvalue weighted by Gasteiger charge is -2.08. The molecule has 1 unspecified atom stereocenters. The molecule has 2 heterocycles. The number of aliphatic hydroxyl groups excluding tert-OH is 1. The molecule has 0 spiro atoms. The van der Waals surface area contributed by atoms with Gasteiger partial charge in [0.1, 0.15) is 11.9 Å². The number of carbonyl (C=O) groups excluding carboxylic acids is 1. The summed E-state index contributed by atoms with van der Waals surface area (Å²) in [5.74, 6) is 0.283. The summed E-state index contributed by atoms with van der Waals surface area (Å²) in [5.41, 5.74) is 0.752. The first kappa shape index (κ1) is 12.8. The second-order valence-corrected chi connectivity index (χ2v) is 4.93. The Kier molecular flexibility index (Phi) is 4.11. The number of aliphatic hydroxyl groups is 1. The number of nitrogens with zero attached hydrogens (tertiary/aromatic N) is 1. The minimum atomic E-state index is -0.818. The number of aromatic nitrogens is 1. The Balaban J connectivity index is 1.78. The molecule has 1 amide bonds. The van der Waals surface area contributed by atoms with Crippen LogP contribution in [0.5, 0.6) is 0 Å². The van der Waals surface area contributed by atoms with Crippen LogP contribution in [0.25, 0.3) is 0 Å². The van der Waals surface area contributed by atoms with E-state index in [1.807, 2.05) is 12.3 Å². The van der Waals surface area contributed by atoms with Crippen molar-refractivity contribution in [2.24, 2.45) is 0 Å². The number of thiazole rings is 1. The van der Waals surface area contributed by atoms with E-state index in [9.17, 15) is 9.90 Å². The first-order valence-electron chi connectivity index (χ1n) is 5.54. The van der Waals surface area contributed by atoms with Gasteiger partial charge < -0.3 is 14.8 Å². The summed E-state index contributed by atoms with van der Waals surface area (Å²) in [6.45, 7) is 2.03. The molecule has 0 radical (unpaired) electrons. The average Bonchev–Trinajstić information content (AvgIpc) is 2.97. The third kappa shape index (κ3) is 3.41. The van der Waals surface area contributed by atoms with Gasteiger partial charge in [-0.3, -0.25) is 4.79 Å². The molecular weight excluding hydrogens is 252 g/mol. The molecule has 2 aromatic heterocycles. The van der Waals surface area contributed by atoms with Crippen molar-refractivity contribution >= 4 is 17.2 Å². The van der Waals surface area contributed by atoms with Crippen molar-refractivity contribution in [1.82, 2.24) is 10.3 Å². The molecule has 0 aliphatic heterocycles. The van der Waals surface area contributed by atoms with Crippen molar-refractivity contribution in [3.63, 3.8) is 0 Å². The number of carbonyl (C=O) groups is 1. The summed E-state index contributed by atoms with van der Waals surface area (Å²) in [5, 5.41) is 15.1. The lowest BCUT2D eigenvalue weighted by Crippen LogP contribution is -2.29. The molecule has 0 aromatic carbocycles. The maximum atomic E-state index is 11.6. The molecule has 2 N–H and O–H groups in total. The molecule has 1 atom stereocenters. The molecule has 0 saturated carbocycles. The lowest BCUT2D eigenvalue weighted by molar-refractivity contribution is -0.121. The summed E-state index contributed by atoms with van der Waals surface area (Å²) >= 11 is 1.51. The van der Waals surface area contributed by atoms with E-state index in [0.717, 1.165) is 10.7 Å². The van der Waals surface area contributed by atoms with Gasteiger partial charge in [-0.25, -0.2) is 4.98 Å². The summed E-state index contributed by atoms with van der Waals surface area (Å²) in [4.78, 5) is 15.8. The minimum absolute atomic E-state index is 0.134. The molecule has 0 aliphatic carbocycles. The molecule has 5 nitrogen and oxygen atoms in total. The monoisotopic (exact) mass is 266 g/mol. The topological polar surface area (TPSA) is 75.4 Å². The summed E-state index contributed by atoms with van der Waals surface area (Å²) < 4.78 is 5.04. The molecule has 0 saturated heterocycles. The van der Waals surface area contributed by atoms with E-state index in [1.54, 1.807) is 12.1 Å². The smallest absolute Gasteiger partial charge is 0.226 e. The Bertz CT molecular complexity index is 507. The maximum Gasteiger partial charge on any atom is 0.226 e. The van der Waals surface area contributed by atoms with Crippen molar-refractivity contribution < 1.29 is 14.3 Å². The van der Waals surface area contributed by atoms with Crippen LogP contribution < -0.4 is 5.32 Å². The quantitative estimate of drug-likeness (QED) is 0.858. The molecule has 0 fully saturated rings. The van der Waals surface area contributed by atoms with Crippen LogP contribution in [0.2, 0.25) is 0 Å². The van der Waals surface area contributed by atoms with Gasteiger partial charge in [-0.1, -0.05) is 0 Å². The third-order valence-corrected chi connectivity index (χ3v) is 3.19. The van der Waals surface area contributed by atoms with Gasteiger partial charge in [0.2, 0.25) is 5.91 Å². The van der Waals surface area contributed by atoms with E-state index in [4.69, 9.17) is 4.42 Å². The average molecular weight is 266 g/mol. The zero-order valence-corrected chi connectivity index (χ0v) is 10.7. The van der Waals surface area contributed by atoms with E-state index in [1.165, 1.54) is 17.6 Å². The minimum Gasteiger partial charge on any atom is -0.467 e. The zero-order chi connectivity index (χ0) is 13.0. The van der Waals surface area contributed by atoms with Gasteiger partial charge in [0, 0.05) is 5.38 Å². The normalized spacial score (nSPS) is 12.3. The number of rotatable bonds is 5. The highest BCUT2D eigenvalue weighted by molar-refractivity contribution is 7.09. The van der Waals surface area contributed by atoms with E-state index in [2.05, 4.69) is 10.3 Å². The standard InChI is InChI=1S/C12H14N2O3S/c1-8-14-9(7-18-8)5-12(16)13-6-10(15)11-3-2-4-17-11/h2-4,7,10,15H,5-6H2,1H3,(H,13,16). The van der Waals surface area contributed by atoms with Crippen molar-refractivity contribution in [1.29, 1.82) is 0 Å². The van der Waals surface area contributed by atoms with Gasteiger partial charge in [-0.15, -0.1) is 11.3 Å². The van der Waals surface area contributed by atoms with E-state index < -0.39 is 6.10 Å². The molecule has 96 valence electrons. The Morgan fingerprint density at radius 2 is 2.50 bits per heavy atom. The van der Waals surface area contributed by atoms with Crippen molar-refractivity contribution in [3.8, 4) is 0 Å². The number of hydrogen-bond donors (Lipinski definition) is 2. The number of nitrogens with one attached hydrogen (secondary N) is 1. The fourth-order valence-electron chi connectivity index (χ4n) is 1.51. The maximum absolute atomic E-state index is 11.6. The Morgan fingerprint density at radius 1 is 1.67 bits per heavy atom. The fraction of sp³-hybridized carbons (Fsp3) is 0.333. The van der Waals surface area contributed by atoms with Gasteiger partial charge in [0.15, 0.2) is 0 Å². The predicted octanol–water partition coefficient (Wildman–Crippen LogP) is 1.44. The zero-order valence-electron chi connectivity index (χ0n) is 9.92. The number of amides is 1. The van der Waals surface area contributed by atoms with Gasteiger partial charge in [0.25, 0.3) is 0 Å². The van der Waals surface area contributed by atoms with Crippen molar-refractivity contribution in [2.75, 3.05) is 6.54 Å². The van der Waals surface area contributed by atoms with Crippen LogP contribution in [0.15, 0.2) is 28.2 Å². The van der Waals surface area contributed by atoms with Crippen LogP contribution in [0, 0.1) is 6.92 Å². The van der Waals surface area contributed by atoms with Crippen molar-refractivity contribution in [3.05, 3.63) is 40.2 Å². The lowest BCUT2D eigenvalue weighted by atomic mass is 10.2. The molecular formula is C12H14N2O3S. The first-order valence-corrected chi connectivity index (χ1v) is 6.42. The number of furan rings is 1. The van der Waals surface area contributed by atoms with Gasteiger partial charge in [-0.05, 0) is 19.1 Å². The van der Waals surface area contributed by atoms with Crippen LogP contribution in [0.3, 0.4) is 0 Å². The molecule has 2 rings (SSSR count). The van der Waals surface area contributed by atoms with Gasteiger partial charge >= 0.3 is 0 Å². The van der Waals surface area contributed by atoms with Crippen LogP contribution in [0.4, 0.5) is 0 Å². The van der Waals surface area contributed by atoms with Crippen molar-refractivity contribution in [2.45, 2.75) is 19.4 Å². The van der Waals surface area contributed by atoms with E-state index in [-0.39, 0.29) is 18.9 Å². The largest absolute Gasteiger partial charge is 0.467 e. The number of aryl methyl sites for hydroxylation is 1. The summed E-state index contributed by atoms with van der Waals surface area (Å²) in [6, 6.07) is 3.36. The second-order valence-electron chi connectivity index (χ2n) is 3.87. The van der Waals surface area contributed by atoms with Crippen LogP contribution in [-0.2, 0) is 11.2 Å². The molecule has 18 heavy (non-hydrogen) atoms. The third-order valence-electron chi connectivity index (χ3n) is 2.37. The molecule has 0 aliphatic rings. The number of hydrogen-bond acceptors (Lipinski definition) is 5. The Morgan fingerprint density at radius 3 is 3.11 bits per heavy atom. The molecule has 6 heteroatoms.